The van der Waals surface area contributed by atoms with Crippen molar-refractivity contribution in [2.24, 2.45) is 0 Å². The van der Waals surface area contributed by atoms with Gasteiger partial charge in [0.1, 0.15) is 6.10 Å². The number of rotatable bonds is 3. The molecule has 0 spiro atoms. The minimum absolute atomic E-state index is 0.512. The first-order chi connectivity index (χ1) is 7.68. The maximum absolute atomic E-state index is 10.1. The van der Waals surface area contributed by atoms with E-state index in [0.717, 1.165) is 16.8 Å². The smallest absolute Gasteiger partial charge is 0.105 e. The summed E-state index contributed by atoms with van der Waals surface area (Å²) in [6.07, 6.45) is -0.512. The van der Waals surface area contributed by atoms with E-state index < -0.39 is 6.10 Å². The molecule has 1 unspecified atom stereocenters. The number of hydrogen-bond donors (Lipinski definition) is 1. The predicted molar refractivity (Wildman–Crippen MR) is 69.1 cm³/mol. The summed E-state index contributed by atoms with van der Waals surface area (Å²) in [5, 5.41) is 14.1. The summed E-state index contributed by atoms with van der Waals surface area (Å²) in [7, 11) is 4.01. The van der Waals surface area contributed by atoms with E-state index in [2.05, 4.69) is 0 Å². The summed E-state index contributed by atoms with van der Waals surface area (Å²) in [5.74, 6) is 0. The summed E-state index contributed by atoms with van der Waals surface area (Å²) < 4.78 is 0. The first kappa shape index (κ1) is 11.2. The predicted octanol–water partition coefficient (Wildman–Crippen LogP) is 2.90. The van der Waals surface area contributed by atoms with Crippen LogP contribution < -0.4 is 4.90 Å². The highest BCUT2D eigenvalue weighted by Gasteiger charge is 2.10. The van der Waals surface area contributed by atoms with Gasteiger partial charge in [-0.15, -0.1) is 0 Å². The molecular formula is C13H15NOS. The molecule has 2 nitrogen and oxygen atoms in total. The van der Waals surface area contributed by atoms with Crippen molar-refractivity contribution in [1.82, 2.24) is 0 Å². The third-order valence-corrected chi connectivity index (χ3v) is 3.29. The summed E-state index contributed by atoms with van der Waals surface area (Å²) in [5.41, 5.74) is 3.04. The minimum Gasteiger partial charge on any atom is -0.384 e. The summed E-state index contributed by atoms with van der Waals surface area (Å²) in [6, 6.07) is 9.93. The standard InChI is InChI=1S/C13H15NOS/c1-14(2)12-5-3-10(4-6-12)13(15)11-7-8-16-9-11/h3-9,13,15H,1-2H3. The fraction of sp³-hybridized carbons (Fsp3) is 0.231. The zero-order valence-corrected chi connectivity index (χ0v) is 10.2. The molecule has 1 N–H and O–H groups in total. The Morgan fingerprint density at radius 1 is 1.06 bits per heavy atom. The number of nitrogens with zero attached hydrogens (tertiary/aromatic N) is 1. The fourth-order valence-electron chi connectivity index (χ4n) is 1.58. The molecule has 2 rings (SSSR count). The third kappa shape index (κ3) is 2.26. The lowest BCUT2D eigenvalue weighted by Crippen LogP contribution is -2.08. The highest BCUT2D eigenvalue weighted by molar-refractivity contribution is 7.07. The number of thiophene rings is 1. The van der Waals surface area contributed by atoms with Gasteiger partial charge in [-0.3, -0.25) is 0 Å². The van der Waals surface area contributed by atoms with Gasteiger partial charge in [-0.1, -0.05) is 12.1 Å². The molecule has 0 aliphatic rings. The summed E-state index contributed by atoms with van der Waals surface area (Å²) >= 11 is 1.60. The quantitative estimate of drug-likeness (QED) is 0.881. The van der Waals surface area contributed by atoms with E-state index in [1.54, 1.807) is 11.3 Å². The van der Waals surface area contributed by atoms with Crippen LogP contribution in [0, 0.1) is 0 Å². The largest absolute Gasteiger partial charge is 0.384 e. The number of anilines is 1. The first-order valence-electron chi connectivity index (χ1n) is 5.16. The maximum Gasteiger partial charge on any atom is 0.105 e. The molecule has 1 atom stereocenters. The molecule has 0 aliphatic heterocycles. The van der Waals surface area contributed by atoms with E-state index in [0.29, 0.717) is 0 Å². The maximum atomic E-state index is 10.1. The molecular weight excluding hydrogens is 218 g/mol. The van der Waals surface area contributed by atoms with Crippen LogP contribution in [-0.2, 0) is 0 Å². The van der Waals surface area contributed by atoms with Crippen LogP contribution in [0.1, 0.15) is 17.2 Å². The van der Waals surface area contributed by atoms with Crippen molar-refractivity contribution in [3.05, 3.63) is 52.2 Å². The Bertz CT molecular complexity index is 433. The van der Waals surface area contributed by atoms with Crippen molar-refractivity contribution in [3.63, 3.8) is 0 Å². The van der Waals surface area contributed by atoms with Gasteiger partial charge in [0.25, 0.3) is 0 Å². The van der Waals surface area contributed by atoms with Gasteiger partial charge in [-0.25, -0.2) is 0 Å². The van der Waals surface area contributed by atoms with Crippen LogP contribution in [0.2, 0.25) is 0 Å². The van der Waals surface area contributed by atoms with E-state index in [9.17, 15) is 5.11 Å². The van der Waals surface area contributed by atoms with Crippen LogP contribution in [0.25, 0.3) is 0 Å². The van der Waals surface area contributed by atoms with Gasteiger partial charge < -0.3 is 10.0 Å². The van der Waals surface area contributed by atoms with Gasteiger partial charge in [-0.2, -0.15) is 11.3 Å². The first-order valence-corrected chi connectivity index (χ1v) is 6.10. The van der Waals surface area contributed by atoms with Crippen LogP contribution in [-0.4, -0.2) is 19.2 Å². The van der Waals surface area contributed by atoms with E-state index in [4.69, 9.17) is 0 Å². The van der Waals surface area contributed by atoms with Gasteiger partial charge in [0.05, 0.1) is 0 Å². The lowest BCUT2D eigenvalue weighted by Gasteiger charge is -2.14. The monoisotopic (exact) mass is 233 g/mol. The normalized spacial score (nSPS) is 12.4. The molecule has 2 aromatic rings. The average Bonchev–Trinajstić information content (AvgIpc) is 2.81. The Morgan fingerprint density at radius 2 is 1.75 bits per heavy atom. The molecule has 1 aromatic heterocycles. The zero-order chi connectivity index (χ0) is 11.5. The Balaban J connectivity index is 2.22. The van der Waals surface area contributed by atoms with Crippen molar-refractivity contribution in [2.75, 3.05) is 19.0 Å². The van der Waals surface area contributed by atoms with Gasteiger partial charge in [-0.05, 0) is 40.1 Å². The van der Waals surface area contributed by atoms with Crippen LogP contribution in [0.5, 0.6) is 0 Å². The van der Waals surface area contributed by atoms with E-state index in [1.807, 2.05) is 60.1 Å². The highest BCUT2D eigenvalue weighted by atomic mass is 32.1. The van der Waals surface area contributed by atoms with Gasteiger partial charge in [0, 0.05) is 19.8 Å². The molecule has 0 fully saturated rings. The van der Waals surface area contributed by atoms with Crippen LogP contribution in [0.4, 0.5) is 5.69 Å². The molecule has 0 saturated carbocycles. The summed E-state index contributed by atoms with van der Waals surface area (Å²) in [4.78, 5) is 2.04. The molecule has 0 aliphatic carbocycles. The molecule has 0 radical (unpaired) electrons. The molecule has 3 heteroatoms. The Labute approximate surface area is 99.8 Å². The van der Waals surface area contributed by atoms with Crippen molar-refractivity contribution in [3.8, 4) is 0 Å². The van der Waals surface area contributed by atoms with Crippen molar-refractivity contribution in [2.45, 2.75) is 6.10 Å². The second-order valence-electron chi connectivity index (χ2n) is 3.95. The number of aliphatic hydroxyl groups excluding tert-OH is 1. The van der Waals surface area contributed by atoms with Gasteiger partial charge in [0.2, 0.25) is 0 Å². The van der Waals surface area contributed by atoms with Gasteiger partial charge >= 0.3 is 0 Å². The average molecular weight is 233 g/mol. The molecule has 84 valence electrons. The molecule has 0 saturated heterocycles. The van der Waals surface area contributed by atoms with E-state index in [-0.39, 0.29) is 0 Å². The van der Waals surface area contributed by atoms with Crippen molar-refractivity contribution < 1.29 is 5.11 Å². The van der Waals surface area contributed by atoms with Crippen molar-refractivity contribution >= 4 is 17.0 Å². The molecule has 0 bridgehead atoms. The van der Waals surface area contributed by atoms with Crippen LogP contribution >= 0.6 is 11.3 Å². The molecule has 1 aromatic carbocycles. The lowest BCUT2D eigenvalue weighted by molar-refractivity contribution is 0.221. The second kappa shape index (κ2) is 4.68. The minimum atomic E-state index is -0.512. The zero-order valence-electron chi connectivity index (χ0n) is 9.42. The molecule has 1 heterocycles. The second-order valence-corrected chi connectivity index (χ2v) is 4.73. The molecule has 16 heavy (non-hydrogen) atoms. The Hall–Kier alpha value is -1.32. The van der Waals surface area contributed by atoms with Crippen molar-refractivity contribution in [1.29, 1.82) is 0 Å². The van der Waals surface area contributed by atoms with E-state index in [1.165, 1.54) is 0 Å². The van der Waals surface area contributed by atoms with E-state index >= 15 is 0 Å². The third-order valence-electron chi connectivity index (χ3n) is 2.58. The number of aliphatic hydroxyl groups is 1. The summed E-state index contributed by atoms with van der Waals surface area (Å²) in [6.45, 7) is 0. The number of benzene rings is 1. The highest BCUT2D eigenvalue weighted by Crippen LogP contribution is 2.25. The SMILES string of the molecule is CN(C)c1ccc(C(O)c2ccsc2)cc1. The van der Waals surface area contributed by atoms with Gasteiger partial charge in [0.15, 0.2) is 0 Å². The topological polar surface area (TPSA) is 23.5 Å². The Morgan fingerprint density at radius 3 is 2.25 bits per heavy atom. The molecule has 0 amide bonds. The van der Waals surface area contributed by atoms with Crippen LogP contribution in [0.3, 0.4) is 0 Å². The lowest BCUT2D eigenvalue weighted by atomic mass is 10.0. The number of hydrogen-bond acceptors (Lipinski definition) is 3. The Kier molecular flexibility index (Phi) is 3.27. The fourth-order valence-corrected chi connectivity index (χ4v) is 2.26. The van der Waals surface area contributed by atoms with Crippen LogP contribution in [0.15, 0.2) is 41.1 Å².